The van der Waals surface area contributed by atoms with Gasteiger partial charge in [0.1, 0.15) is 0 Å². The number of carbonyl (C=O) groups is 2. The molecule has 0 rings (SSSR count). The van der Waals surface area contributed by atoms with Crippen LogP contribution < -0.4 is 10.2 Å². The van der Waals surface area contributed by atoms with Crippen LogP contribution in [0.2, 0.25) is 0 Å². The van der Waals surface area contributed by atoms with E-state index in [0.29, 0.717) is 0 Å². The van der Waals surface area contributed by atoms with Gasteiger partial charge in [0.15, 0.2) is 0 Å². The minimum absolute atomic E-state index is 0. The van der Waals surface area contributed by atoms with Crippen molar-refractivity contribution in [3.05, 3.63) is 0 Å². The minimum atomic E-state index is -1.08. The molecule has 0 spiro atoms. The van der Waals surface area contributed by atoms with Crippen LogP contribution in [-0.4, -0.2) is 11.9 Å². The number of hydrogen-bond acceptors (Lipinski definition) is 4. The van der Waals surface area contributed by atoms with Crippen molar-refractivity contribution in [1.82, 2.24) is 0 Å². The third-order valence-corrected chi connectivity index (χ3v) is 0. The van der Waals surface area contributed by atoms with Gasteiger partial charge in [-0.15, -0.1) is 0 Å². The molecule has 0 saturated heterocycles. The zero-order valence-electron chi connectivity index (χ0n) is 4.95. The van der Waals surface area contributed by atoms with Crippen LogP contribution in [0.15, 0.2) is 0 Å². The fourth-order valence-corrected chi connectivity index (χ4v) is 0. The van der Waals surface area contributed by atoms with E-state index in [1.165, 1.54) is 0 Å². The molecule has 0 bridgehead atoms. The molecule has 0 atom stereocenters. The van der Waals surface area contributed by atoms with Crippen molar-refractivity contribution in [1.29, 1.82) is 0 Å². The molecular formula is C4H6NiO4. The third kappa shape index (κ3) is 684. The summed E-state index contributed by atoms with van der Waals surface area (Å²) in [6.07, 6.45) is 0. The van der Waals surface area contributed by atoms with Gasteiger partial charge in [-0.05, 0) is 13.8 Å². The second kappa shape index (κ2) is 10.4. The first kappa shape index (κ1) is 15.8. The van der Waals surface area contributed by atoms with Crippen molar-refractivity contribution >= 4 is 11.9 Å². The Morgan fingerprint density at radius 3 is 1.00 bits per heavy atom. The zero-order valence-corrected chi connectivity index (χ0v) is 5.94. The average Bonchev–Trinajstić information content (AvgIpc) is 1.25. The van der Waals surface area contributed by atoms with Gasteiger partial charge in [-0.2, -0.15) is 0 Å². The van der Waals surface area contributed by atoms with Crippen LogP contribution in [0.5, 0.6) is 0 Å². The Hall–Kier alpha value is -0.566. The average molecular weight is 177 g/mol. The van der Waals surface area contributed by atoms with Gasteiger partial charge in [-0.1, -0.05) is 0 Å². The minimum Gasteiger partial charge on any atom is -0.550 e. The molecule has 0 amide bonds. The van der Waals surface area contributed by atoms with E-state index in [9.17, 15) is 0 Å². The molecule has 0 heterocycles. The van der Waals surface area contributed by atoms with E-state index >= 15 is 0 Å². The van der Waals surface area contributed by atoms with Gasteiger partial charge >= 0.3 is 16.5 Å². The van der Waals surface area contributed by atoms with Gasteiger partial charge in [-0.25, -0.2) is 0 Å². The molecule has 0 aromatic heterocycles. The number of carboxylic acids is 2. The van der Waals surface area contributed by atoms with E-state index in [-0.39, 0.29) is 16.5 Å². The van der Waals surface area contributed by atoms with E-state index in [1.54, 1.807) is 0 Å². The smallest absolute Gasteiger partial charge is 0.550 e. The Morgan fingerprint density at radius 1 is 1.00 bits per heavy atom. The molecule has 4 nitrogen and oxygen atoms in total. The molecule has 0 aliphatic carbocycles. The molecule has 5 heteroatoms. The van der Waals surface area contributed by atoms with Gasteiger partial charge in [0.05, 0.1) is 0 Å². The molecule has 0 fully saturated rings. The Bertz CT molecular complexity index is 70.6. The van der Waals surface area contributed by atoms with Crippen LogP contribution in [0, 0.1) is 0 Å². The predicted molar refractivity (Wildman–Crippen MR) is 21.4 cm³/mol. The summed E-state index contributed by atoms with van der Waals surface area (Å²) >= 11 is 0. The number of hydrogen-bond donors (Lipinski definition) is 0. The van der Waals surface area contributed by atoms with Gasteiger partial charge in [-0.3, -0.25) is 0 Å². The fourth-order valence-electron chi connectivity index (χ4n) is 0. The first-order chi connectivity index (χ1) is 3.46. The quantitative estimate of drug-likeness (QED) is 0.383. The maximum atomic E-state index is 8.89. The van der Waals surface area contributed by atoms with Crippen LogP contribution in [0.25, 0.3) is 0 Å². The molecule has 0 aromatic rings. The summed E-state index contributed by atoms with van der Waals surface area (Å²) < 4.78 is 0. The third-order valence-electron chi connectivity index (χ3n) is 0. The Morgan fingerprint density at radius 2 is 1.00 bits per heavy atom. The predicted octanol–water partition coefficient (Wildman–Crippen LogP) is -2.49. The fraction of sp³-hybridized carbons (Fsp3) is 0.500. The van der Waals surface area contributed by atoms with E-state index in [0.717, 1.165) is 13.8 Å². The summed E-state index contributed by atoms with van der Waals surface area (Å²) in [6, 6.07) is 0. The van der Waals surface area contributed by atoms with E-state index in [4.69, 9.17) is 19.8 Å². The summed E-state index contributed by atoms with van der Waals surface area (Å²) in [5, 5.41) is 17.8. The summed E-state index contributed by atoms with van der Waals surface area (Å²) in [6.45, 7) is 1.94. The molecule has 0 aliphatic heterocycles. The molecule has 9 heavy (non-hydrogen) atoms. The second-order valence-electron chi connectivity index (χ2n) is 0.983. The van der Waals surface area contributed by atoms with E-state index in [2.05, 4.69) is 0 Å². The van der Waals surface area contributed by atoms with E-state index in [1.807, 2.05) is 0 Å². The molecule has 0 N–H and O–H groups in total. The summed E-state index contributed by atoms with van der Waals surface area (Å²) in [5.74, 6) is -2.17. The van der Waals surface area contributed by atoms with Gasteiger partial charge in [0.2, 0.25) is 0 Å². The van der Waals surface area contributed by atoms with Crippen molar-refractivity contribution in [2.24, 2.45) is 0 Å². The molecule has 0 saturated carbocycles. The topological polar surface area (TPSA) is 80.3 Å². The molecule has 56 valence electrons. The van der Waals surface area contributed by atoms with E-state index < -0.39 is 11.9 Å². The second-order valence-corrected chi connectivity index (χ2v) is 0.983. The Balaban J connectivity index is -0.0000000720. The number of rotatable bonds is 0. The molecule has 0 unspecified atom stereocenters. The number of aliphatic carboxylic acids is 2. The SMILES string of the molecule is CC(=O)[O-].CC(=O)[O-].[Ni+2]. The summed E-state index contributed by atoms with van der Waals surface area (Å²) in [5.41, 5.74) is 0. The van der Waals surface area contributed by atoms with Crippen molar-refractivity contribution < 1.29 is 36.3 Å². The normalized spacial score (nSPS) is 5.56. The maximum absolute atomic E-state index is 8.89. The summed E-state index contributed by atoms with van der Waals surface area (Å²) in [4.78, 5) is 17.8. The zero-order chi connectivity index (χ0) is 7.15. The number of carboxylic acid groups (broad SMARTS) is 2. The van der Waals surface area contributed by atoms with Crippen molar-refractivity contribution in [3.8, 4) is 0 Å². The number of carbonyl (C=O) groups excluding carboxylic acids is 2. The Labute approximate surface area is 62.8 Å². The molecule has 0 radical (unpaired) electrons. The van der Waals surface area contributed by atoms with Crippen molar-refractivity contribution in [2.75, 3.05) is 0 Å². The van der Waals surface area contributed by atoms with Crippen LogP contribution in [-0.2, 0) is 26.1 Å². The summed E-state index contributed by atoms with van der Waals surface area (Å²) in [7, 11) is 0. The Kier molecular flexibility index (Phi) is 18.3. The standard InChI is InChI=1S/2C2H4O2.Ni/c2*1-2(3)4;/h2*1H3,(H,3,4);/q;;+2/p-2. The molecular weight excluding hydrogens is 171 g/mol. The van der Waals surface area contributed by atoms with Gasteiger partial charge in [0, 0.05) is 11.9 Å². The first-order valence-corrected chi connectivity index (χ1v) is 1.82. The largest absolute Gasteiger partial charge is 2.00 e. The maximum Gasteiger partial charge on any atom is 2.00 e. The molecule has 0 aromatic carbocycles. The van der Waals surface area contributed by atoms with Crippen LogP contribution >= 0.6 is 0 Å². The monoisotopic (exact) mass is 176 g/mol. The van der Waals surface area contributed by atoms with Crippen LogP contribution in [0.4, 0.5) is 0 Å². The van der Waals surface area contributed by atoms with Crippen molar-refractivity contribution in [3.63, 3.8) is 0 Å². The molecule has 0 aliphatic rings. The van der Waals surface area contributed by atoms with Gasteiger partial charge < -0.3 is 19.8 Å². The van der Waals surface area contributed by atoms with Crippen LogP contribution in [0.3, 0.4) is 0 Å². The first-order valence-electron chi connectivity index (χ1n) is 1.82. The van der Waals surface area contributed by atoms with Crippen LogP contribution in [0.1, 0.15) is 13.8 Å². The van der Waals surface area contributed by atoms with Crippen molar-refractivity contribution in [2.45, 2.75) is 13.8 Å². The van der Waals surface area contributed by atoms with Gasteiger partial charge in [0.25, 0.3) is 0 Å².